The van der Waals surface area contributed by atoms with E-state index < -0.39 is 12.2 Å². The number of aryl methyl sites for hydroxylation is 2. The second kappa shape index (κ2) is 16.4. The number of fused-ring (bicyclic) bond motifs is 1. The van der Waals surface area contributed by atoms with Crippen molar-refractivity contribution >= 4 is 23.7 Å². The second-order valence-corrected chi connectivity index (χ2v) is 14.2. The molecule has 10 nitrogen and oxygen atoms in total. The van der Waals surface area contributed by atoms with Gasteiger partial charge in [0.2, 0.25) is 0 Å². The Balaban J connectivity index is 1.08. The number of hydrogen-bond donors (Lipinski definition) is 1. The Labute approximate surface area is 292 Å². The lowest BCUT2D eigenvalue weighted by molar-refractivity contribution is -0.143. The largest absolute Gasteiger partial charge is 0.436 e. The normalized spacial score (nSPS) is 20.8. The molecule has 4 aliphatic heterocycles. The zero-order chi connectivity index (χ0) is 34.3. The molecule has 4 amide bonds. The number of ether oxygens (including phenoxy) is 1. The van der Waals surface area contributed by atoms with E-state index in [9.17, 15) is 14.4 Å². The van der Waals surface area contributed by atoms with Crippen molar-refractivity contribution < 1.29 is 19.1 Å². The van der Waals surface area contributed by atoms with E-state index in [2.05, 4.69) is 60.2 Å². The van der Waals surface area contributed by atoms with Gasteiger partial charge >= 0.3 is 12.1 Å². The number of amides is 4. The van der Waals surface area contributed by atoms with E-state index in [1.54, 1.807) is 4.90 Å². The van der Waals surface area contributed by atoms with Gasteiger partial charge in [0.15, 0.2) is 6.10 Å². The van der Waals surface area contributed by atoms with Crippen LogP contribution in [0.3, 0.4) is 0 Å². The number of carbonyl (C=O) groups excluding carboxylic acids is 3. The molecule has 0 bridgehead atoms. The molecular weight excluding hydrogens is 616 g/mol. The first-order valence-corrected chi connectivity index (χ1v) is 18.8. The van der Waals surface area contributed by atoms with Crippen LogP contribution in [-0.2, 0) is 35.2 Å². The highest BCUT2D eigenvalue weighted by atomic mass is 16.6. The van der Waals surface area contributed by atoms with Crippen LogP contribution in [0.5, 0.6) is 0 Å². The number of carbonyl (C=O) groups is 3. The van der Waals surface area contributed by atoms with Crippen LogP contribution < -0.4 is 5.32 Å². The Morgan fingerprint density at radius 2 is 1.49 bits per heavy atom. The lowest BCUT2D eigenvalue weighted by atomic mass is 9.97. The number of rotatable bonds is 9. The van der Waals surface area contributed by atoms with Gasteiger partial charge in [-0.1, -0.05) is 57.2 Å². The summed E-state index contributed by atoms with van der Waals surface area (Å²) in [5.41, 5.74) is 5.64. The number of likely N-dealkylation sites (tertiary alicyclic amines) is 2. The molecule has 1 N–H and O–H groups in total. The fourth-order valence-corrected chi connectivity index (χ4v) is 8.28. The van der Waals surface area contributed by atoms with Crippen molar-refractivity contribution in [3.05, 3.63) is 64.7 Å². The SMILES string of the molecule is CCc1ccc(CC(OC(=O)N2CCC(N3CCc4ccccc4NC3=O)CC2)C(=O)N2CCN(C3CCN(CC)CC3)CC2)cc1CC. The monoisotopic (exact) mass is 672 g/mol. The predicted molar refractivity (Wildman–Crippen MR) is 193 cm³/mol. The van der Waals surface area contributed by atoms with Crippen molar-refractivity contribution in [1.29, 1.82) is 0 Å². The average Bonchev–Trinajstić information content (AvgIpc) is 3.32. The summed E-state index contributed by atoms with van der Waals surface area (Å²) >= 11 is 0. The zero-order valence-electron chi connectivity index (χ0n) is 29.9. The molecule has 4 aliphatic rings. The molecule has 0 saturated carbocycles. The van der Waals surface area contributed by atoms with Gasteiger partial charge in [-0.3, -0.25) is 9.69 Å². The second-order valence-electron chi connectivity index (χ2n) is 14.2. The first kappa shape index (κ1) is 35.2. The van der Waals surface area contributed by atoms with E-state index in [-0.39, 0.29) is 18.0 Å². The maximum Gasteiger partial charge on any atom is 0.410 e. The van der Waals surface area contributed by atoms with Crippen molar-refractivity contribution in [2.24, 2.45) is 0 Å². The lowest BCUT2D eigenvalue weighted by Crippen LogP contribution is -2.56. The molecule has 10 heteroatoms. The summed E-state index contributed by atoms with van der Waals surface area (Å²) in [6.07, 6.45) is 5.45. The summed E-state index contributed by atoms with van der Waals surface area (Å²) in [6, 6.07) is 14.9. The molecule has 2 aromatic carbocycles. The van der Waals surface area contributed by atoms with Crippen LogP contribution in [0.2, 0.25) is 0 Å². The standard InChI is InChI=1S/C39H56N6O4/c1-4-30-12-11-29(27-31(30)5-2)28-36(37(46)43-25-23-42(24-26-43)33-14-18-41(6-3)19-15-33)49-39(48)44-20-16-34(17-21-44)45-22-13-32-9-7-8-10-35(32)40-38(45)47/h7-12,27,33-34,36H,4-6,13-26,28H2,1-3H3,(H,40,47). The molecule has 0 radical (unpaired) electrons. The minimum absolute atomic E-state index is 0.0471. The van der Waals surface area contributed by atoms with E-state index in [0.29, 0.717) is 58.0 Å². The van der Waals surface area contributed by atoms with Gasteiger partial charge in [-0.2, -0.15) is 0 Å². The highest BCUT2D eigenvalue weighted by Crippen LogP contribution is 2.26. The summed E-state index contributed by atoms with van der Waals surface area (Å²) in [4.78, 5) is 51.6. The molecule has 0 spiro atoms. The Hall–Kier alpha value is -3.63. The molecule has 49 heavy (non-hydrogen) atoms. The summed E-state index contributed by atoms with van der Waals surface area (Å²) in [5, 5.41) is 3.07. The summed E-state index contributed by atoms with van der Waals surface area (Å²) < 4.78 is 6.15. The first-order valence-electron chi connectivity index (χ1n) is 18.8. The van der Waals surface area contributed by atoms with Crippen molar-refractivity contribution in [3.63, 3.8) is 0 Å². The Morgan fingerprint density at radius 1 is 0.796 bits per heavy atom. The van der Waals surface area contributed by atoms with Crippen LogP contribution in [-0.4, -0.2) is 126 Å². The van der Waals surface area contributed by atoms with Crippen molar-refractivity contribution in [3.8, 4) is 0 Å². The zero-order valence-corrected chi connectivity index (χ0v) is 29.9. The number of piperazine rings is 1. The Morgan fingerprint density at radius 3 is 2.18 bits per heavy atom. The number of piperidine rings is 2. The summed E-state index contributed by atoms with van der Waals surface area (Å²) in [6.45, 7) is 14.6. The van der Waals surface area contributed by atoms with E-state index in [1.165, 1.54) is 24.0 Å². The number of hydrogen-bond acceptors (Lipinski definition) is 6. The van der Waals surface area contributed by atoms with Gasteiger partial charge in [0, 0.05) is 70.0 Å². The van der Waals surface area contributed by atoms with Gasteiger partial charge in [-0.15, -0.1) is 0 Å². The quantitative estimate of drug-likeness (QED) is 0.402. The molecular formula is C39H56N6O4. The highest BCUT2D eigenvalue weighted by molar-refractivity contribution is 5.91. The van der Waals surface area contributed by atoms with Crippen LogP contribution in [0.1, 0.15) is 68.7 Å². The van der Waals surface area contributed by atoms with Gasteiger partial charge in [0.05, 0.1) is 0 Å². The Kier molecular flexibility index (Phi) is 11.8. The minimum Gasteiger partial charge on any atom is -0.436 e. The topological polar surface area (TPSA) is 88.7 Å². The van der Waals surface area contributed by atoms with E-state index in [1.807, 2.05) is 28.0 Å². The number of benzene rings is 2. The average molecular weight is 673 g/mol. The smallest absolute Gasteiger partial charge is 0.410 e. The molecule has 4 heterocycles. The molecule has 6 rings (SSSR count). The summed E-state index contributed by atoms with van der Waals surface area (Å²) in [7, 11) is 0. The number of anilines is 1. The van der Waals surface area contributed by atoms with Crippen LogP contribution in [0.25, 0.3) is 0 Å². The summed E-state index contributed by atoms with van der Waals surface area (Å²) in [5.74, 6) is -0.0953. The van der Waals surface area contributed by atoms with Gasteiger partial charge in [0.1, 0.15) is 0 Å². The van der Waals surface area contributed by atoms with Crippen molar-refractivity contribution in [2.75, 3.05) is 70.8 Å². The number of para-hydroxylation sites is 1. The van der Waals surface area contributed by atoms with Crippen molar-refractivity contribution in [2.45, 2.75) is 90.3 Å². The van der Waals surface area contributed by atoms with Gasteiger partial charge in [0.25, 0.3) is 5.91 Å². The third kappa shape index (κ3) is 8.40. The van der Waals surface area contributed by atoms with Crippen LogP contribution in [0, 0.1) is 0 Å². The van der Waals surface area contributed by atoms with Crippen LogP contribution in [0.4, 0.5) is 15.3 Å². The molecule has 0 aliphatic carbocycles. The van der Waals surface area contributed by atoms with E-state index in [0.717, 1.165) is 68.8 Å². The molecule has 1 atom stereocenters. The van der Waals surface area contributed by atoms with E-state index in [4.69, 9.17) is 4.74 Å². The third-order valence-corrected chi connectivity index (χ3v) is 11.4. The van der Waals surface area contributed by atoms with Gasteiger partial charge in [-0.05, 0) is 92.9 Å². The highest BCUT2D eigenvalue weighted by Gasteiger charge is 2.36. The number of nitrogens with zero attached hydrogens (tertiary/aromatic N) is 5. The molecule has 2 aromatic rings. The van der Waals surface area contributed by atoms with Crippen LogP contribution >= 0.6 is 0 Å². The maximum absolute atomic E-state index is 14.1. The van der Waals surface area contributed by atoms with E-state index >= 15 is 0 Å². The van der Waals surface area contributed by atoms with Crippen molar-refractivity contribution in [1.82, 2.24) is 24.5 Å². The first-order chi connectivity index (χ1) is 23.9. The molecule has 0 aromatic heterocycles. The fourth-order valence-electron chi connectivity index (χ4n) is 8.28. The molecule has 3 saturated heterocycles. The van der Waals surface area contributed by atoms with Gasteiger partial charge in [-0.25, -0.2) is 9.59 Å². The Bertz CT molecular complexity index is 1440. The number of nitrogens with one attached hydrogen (secondary N) is 1. The predicted octanol–water partition coefficient (Wildman–Crippen LogP) is 5.04. The third-order valence-electron chi connectivity index (χ3n) is 11.4. The molecule has 1 unspecified atom stereocenters. The minimum atomic E-state index is -0.878. The lowest BCUT2D eigenvalue weighted by Gasteiger charge is -2.43. The fraction of sp³-hybridized carbons (Fsp3) is 0.615. The molecule has 266 valence electrons. The maximum atomic E-state index is 14.1. The van der Waals surface area contributed by atoms with Gasteiger partial charge < -0.3 is 29.7 Å². The molecule has 3 fully saturated rings. The number of urea groups is 1. The van der Waals surface area contributed by atoms with Crippen LogP contribution in [0.15, 0.2) is 42.5 Å².